The molecule has 212 valence electrons. The van der Waals surface area contributed by atoms with Gasteiger partial charge in [-0.15, -0.1) is 0 Å². The third kappa shape index (κ3) is 5.53. The number of benzene rings is 2. The maximum atomic E-state index is 13.6. The van der Waals surface area contributed by atoms with E-state index < -0.39 is 36.0 Å². The maximum absolute atomic E-state index is 13.6. The zero-order valence-electron chi connectivity index (χ0n) is 21.9. The largest absolute Gasteiger partial charge is 0.407 e. The highest BCUT2D eigenvalue weighted by atomic mass is 19.3. The minimum Gasteiger partial charge on any atom is -0.407 e. The average Bonchev–Trinajstić information content (AvgIpc) is 3.35. The summed E-state index contributed by atoms with van der Waals surface area (Å²) in [5, 5.41) is 27.1. The molecule has 0 unspecified atom stereocenters. The number of amides is 1. The van der Waals surface area contributed by atoms with Crippen molar-refractivity contribution in [1.82, 2.24) is 15.1 Å². The number of rotatable bonds is 5. The number of anilines is 2. The van der Waals surface area contributed by atoms with Crippen LogP contribution >= 0.6 is 0 Å². The van der Waals surface area contributed by atoms with Crippen molar-refractivity contribution in [2.75, 3.05) is 36.5 Å². The second-order valence-electron chi connectivity index (χ2n) is 10.0. The number of para-hydroxylation sites is 1. The van der Waals surface area contributed by atoms with E-state index in [9.17, 15) is 13.6 Å². The van der Waals surface area contributed by atoms with Gasteiger partial charge in [0.25, 0.3) is 17.9 Å². The molecule has 1 atom stereocenters. The van der Waals surface area contributed by atoms with Gasteiger partial charge in [0.05, 0.1) is 36.2 Å². The van der Waals surface area contributed by atoms with Crippen molar-refractivity contribution in [3.8, 4) is 0 Å². The fraction of sp³-hybridized carbons (Fsp3) is 0.321. The molecule has 11 nitrogen and oxygen atoms in total. The topological polar surface area (TPSA) is 141 Å². The number of nitrogens with zero attached hydrogens (tertiary/aromatic N) is 4. The minimum atomic E-state index is -2.73. The van der Waals surface area contributed by atoms with Crippen molar-refractivity contribution in [3.63, 3.8) is 0 Å². The number of morpholine rings is 1. The van der Waals surface area contributed by atoms with E-state index in [1.54, 1.807) is 12.1 Å². The molecule has 1 aromatic heterocycles. The molecule has 3 aliphatic rings. The Balaban J connectivity index is 1.23. The summed E-state index contributed by atoms with van der Waals surface area (Å²) >= 11 is 0. The Morgan fingerprint density at radius 3 is 2.51 bits per heavy atom. The third-order valence-corrected chi connectivity index (χ3v) is 7.18. The van der Waals surface area contributed by atoms with Gasteiger partial charge < -0.3 is 25.0 Å². The number of nitrogens with one attached hydrogen (secondary N) is 4. The summed E-state index contributed by atoms with van der Waals surface area (Å²) in [6.45, 7) is 1.93. The van der Waals surface area contributed by atoms with Gasteiger partial charge in [-0.25, -0.2) is 13.8 Å². The summed E-state index contributed by atoms with van der Waals surface area (Å²) in [5.74, 6) is -3.25. The second kappa shape index (κ2) is 10.7. The summed E-state index contributed by atoms with van der Waals surface area (Å²) in [6.07, 6.45) is -0.385. The number of halogens is 2. The lowest BCUT2D eigenvalue weighted by atomic mass is 9.88. The lowest BCUT2D eigenvalue weighted by molar-refractivity contribution is -0.117. The van der Waals surface area contributed by atoms with Gasteiger partial charge in [-0.2, -0.15) is 5.10 Å². The molecule has 3 aromatic rings. The summed E-state index contributed by atoms with van der Waals surface area (Å²) < 4.78 is 39.5. The molecule has 2 fully saturated rings. The van der Waals surface area contributed by atoms with E-state index >= 15 is 0 Å². The number of benzodiazepines with no additional fused rings is 1. The van der Waals surface area contributed by atoms with E-state index in [1.807, 2.05) is 47.4 Å². The van der Waals surface area contributed by atoms with E-state index in [4.69, 9.17) is 20.3 Å². The highest BCUT2D eigenvalue weighted by molar-refractivity contribution is 6.19. The number of carbonyl (C=O) groups is 1. The van der Waals surface area contributed by atoms with Gasteiger partial charge in [-0.3, -0.25) is 20.3 Å². The number of alkyl halides is 2. The lowest BCUT2D eigenvalue weighted by Crippen LogP contribution is -2.43. The first-order valence-corrected chi connectivity index (χ1v) is 13.2. The van der Waals surface area contributed by atoms with Crippen molar-refractivity contribution in [2.45, 2.75) is 31.0 Å². The molecule has 2 aliphatic heterocycles. The van der Waals surface area contributed by atoms with Crippen molar-refractivity contribution < 1.29 is 23.0 Å². The van der Waals surface area contributed by atoms with Crippen LogP contribution in [-0.4, -0.2) is 71.7 Å². The van der Waals surface area contributed by atoms with Crippen LogP contribution < -0.4 is 15.5 Å². The van der Waals surface area contributed by atoms with E-state index in [0.29, 0.717) is 43.5 Å². The number of hydrogen-bond acceptors (Lipinski definition) is 8. The van der Waals surface area contributed by atoms with Gasteiger partial charge in [0.2, 0.25) is 12.1 Å². The predicted octanol–water partition coefficient (Wildman–Crippen LogP) is 3.37. The Kier molecular flexibility index (Phi) is 6.95. The Bertz CT molecular complexity index is 1510. The highest BCUT2D eigenvalue weighted by Gasteiger charge is 2.47. The summed E-state index contributed by atoms with van der Waals surface area (Å²) in [7, 11) is 0. The molecule has 0 radical (unpaired) electrons. The van der Waals surface area contributed by atoms with Crippen LogP contribution in [0, 0.1) is 10.8 Å². The van der Waals surface area contributed by atoms with Crippen molar-refractivity contribution >= 4 is 35.0 Å². The van der Waals surface area contributed by atoms with Gasteiger partial charge in [0.1, 0.15) is 0 Å². The number of aliphatic imine (C=N–C) groups is 1. The Labute approximate surface area is 234 Å². The fourth-order valence-corrected chi connectivity index (χ4v) is 5.05. The van der Waals surface area contributed by atoms with Crippen molar-refractivity contribution in [3.05, 3.63) is 77.5 Å². The fourth-order valence-electron chi connectivity index (χ4n) is 5.05. The van der Waals surface area contributed by atoms with E-state index in [1.165, 1.54) is 10.9 Å². The summed E-state index contributed by atoms with van der Waals surface area (Å²) in [4.78, 5) is 19.6. The zero-order valence-corrected chi connectivity index (χ0v) is 21.9. The van der Waals surface area contributed by atoms with Crippen LogP contribution in [0.3, 0.4) is 0 Å². The van der Waals surface area contributed by atoms with Crippen LogP contribution in [0.5, 0.6) is 0 Å². The second-order valence-corrected chi connectivity index (χ2v) is 10.0. The molecule has 1 aliphatic carbocycles. The first-order chi connectivity index (χ1) is 19.8. The van der Waals surface area contributed by atoms with Crippen LogP contribution in [0.4, 0.5) is 20.3 Å². The number of fused-ring (bicyclic) bond motifs is 1. The Hall–Kier alpha value is -4.65. The highest BCUT2D eigenvalue weighted by Crippen LogP contribution is 2.45. The van der Waals surface area contributed by atoms with Gasteiger partial charge in [0.15, 0.2) is 5.82 Å². The molecule has 1 amide bonds. The maximum Gasteiger partial charge on any atom is 0.290 e. The number of aromatic nitrogens is 2. The molecular formula is C28H28F2N8O3. The molecule has 0 bridgehead atoms. The first kappa shape index (κ1) is 26.6. The van der Waals surface area contributed by atoms with Gasteiger partial charge in [0, 0.05) is 43.3 Å². The number of amidine groups is 1. The van der Waals surface area contributed by atoms with Gasteiger partial charge in [-0.1, -0.05) is 48.5 Å². The van der Waals surface area contributed by atoms with Gasteiger partial charge in [-0.05, 0) is 6.07 Å². The third-order valence-electron chi connectivity index (χ3n) is 7.18. The standard InChI is InChI=1S/C28H28F2N8O3/c29-28(30)14-18(15-28)38-16-20(25(36-38)37-10-12-40-13-11-37)23(31)41-27(32)35-24-26(39)33-21-9-5-4-8-19(21)22(34-24)17-6-2-1-3-7-17/h1-9,16,18,24,31H,10-15H2,(H2,32,35)(H,33,39)/t24-/m1/s1. The molecule has 3 heterocycles. The van der Waals surface area contributed by atoms with Crippen molar-refractivity contribution in [1.29, 1.82) is 10.8 Å². The van der Waals surface area contributed by atoms with Gasteiger partial charge >= 0.3 is 0 Å². The summed E-state index contributed by atoms with van der Waals surface area (Å²) in [6, 6.07) is 15.6. The molecule has 4 N–H and O–H groups in total. The summed E-state index contributed by atoms with van der Waals surface area (Å²) in [5.41, 5.74) is 2.88. The number of carbonyl (C=O) groups excluding carboxylic acids is 1. The Morgan fingerprint density at radius 2 is 1.78 bits per heavy atom. The lowest BCUT2D eigenvalue weighted by Gasteiger charge is -2.35. The first-order valence-electron chi connectivity index (χ1n) is 13.2. The SMILES string of the molecule is N=C(N[C@H]1N=C(c2ccccc2)c2ccccc2NC1=O)OC(=N)c1cn(C2CC(F)(F)C2)nc1N1CCOCC1. The minimum absolute atomic E-state index is 0.250. The number of ether oxygens (including phenoxy) is 2. The smallest absolute Gasteiger partial charge is 0.290 e. The monoisotopic (exact) mass is 562 g/mol. The van der Waals surface area contributed by atoms with Crippen LogP contribution in [0.1, 0.15) is 35.6 Å². The normalized spacial score (nSPS) is 20.1. The number of hydrogen-bond donors (Lipinski definition) is 4. The van der Waals surface area contributed by atoms with Crippen molar-refractivity contribution in [2.24, 2.45) is 4.99 Å². The molecular weight excluding hydrogens is 534 g/mol. The van der Waals surface area contributed by atoms with Crippen LogP contribution in [0.15, 0.2) is 65.8 Å². The molecule has 6 rings (SSSR count). The zero-order chi connectivity index (χ0) is 28.6. The van der Waals surface area contributed by atoms with E-state index in [-0.39, 0.29) is 18.4 Å². The van der Waals surface area contributed by atoms with E-state index in [2.05, 4.69) is 20.7 Å². The van der Waals surface area contributed by atoms with Crippen LogP contribution in [0.2, 0.25) is 0 Å². The molecule has 13 heteroatoms. The van der Waals surface area contributed by atoms with Crippen LogP contribution in [-0.2, 0) is 14.3 Å². The Morgan fingerprint density at radius 1 is 1.07 bits per heavy atom. The predicted molar refractivity (Wildman–Crippen MR) is 148 cm³/mol. The van der Waals surface area contributed by atoms with E-state index in [0.717, 1.165) is 11.1 Å². The molecule has 1 saturated heterocycles. The molecule has 41 heavy (non-hydrogen) atoms. The van der Waals surface area contributed by atoms with Crippen LogP contribution in [0.25, 0.3) is 0 Å². The molecule has 2 aromatic carbocycles. The quantitative estimate of drug-likeness (QED) is 0.278. The average molecular weight is 563 g/mol. The molecule has 0 spiro atoms. The molecule has 1 saturated carbocycles.